The second-order valence-corrected chi connectivity index (χ2v) is 9.72. The van der Waals surface area contributed by atoms with Crippen LogP contribution in [0.15, 0.2) is 24.3 Å². The molecule has 3 aliphatic rings. The van der Waals surface area contributed by atoms with E-state index in [1.165, 1.54) is 18.4 Å². The van der Waals surface area contributed by atoms with E-state index in [0.717, 1.165) is 63.3 Å². The largest absolute Gasteiger partial charge is 0.349 e. The van der Waals surface area contributed by atoms with Gasteiger partial charge >= 0.3 is 0 Å². The second kappa shape index (κ2) is 8.09. The number of aromatic nitrogens is 3. The van der Waals surface area contributed by atoms with Gasteiger partial charge in [-0.2, -0.15) is 0 Å². The number of fused-ring (bicyclic) bond motifs is 1. The number of nitrogens with zero attached hydrogens (tertiary/aromatic N) is 4. The predicted molar refractivity (Wildman–Crippen MR) is 117 cm³/mol. The summed E-state index contributed by atoms with van der Waals surface area (Å²) in [5.41, 5.74) is 2.40. The third-order valence-corrected chi connectivity index (χ3v) is 7.29. The maximum atomic E-state index is 12.9. The van der Waals surface area contributed by atoms with Gasteiger partial charge < -0.3 is 14.8 Å². The number of hydrogen-bond acceptors (Lipinski definition) is 4. The van der Waals surface area contributed by atoms with Crippen molar-refractivity contribution in [3.8, 4) is 0 Å². The van der Waals surface area contributed by atoms with Gasteiger partial charge in [0.1, 0.15) is 5.82 Å². The Morgan fingerprint density at radius 1 is 1.10 bits per heavy atom. The molecule has 1 N–H and O–H groups in total. The molecule has 2 fully saturated rings. The molecule has 0 radical (unpaired) electrons. The molecule has 3 heterocycles. The van der Waals surface area contributed by atoms with Gasteiger partial charge in [-0.15, -0.1) is 10.2 Å². The minimum Gasteiger partial charge on any atom is -0.349 e. The fourth-order valence-corrected chi connectivity index (χ4v) is 4.96. The van der Waals surface area contributed by atoms with Crippen LogP contribution >= 0.6 is 0 Å². The van der Waals surface area contributed by atoms with Crippen molar-refractivity contribution in [1.82, 2.24) is 25.0 Å². The van der Waals surface area contributed by atoms with E-state index in [2.05, 4.69) is 34.6 Å². The fourth-order valence-electron chi connectivity index (χ4n) is 4.96. The van der Waals surface area contributed by atoms with Gasteiger partial charge in [0.25, 0.3) is 5.91 Å². The number of benzene rings is 1. The monoisotopic (exact) mass is 421 g/mol. The van der Waals surface area contributed by atoms with Crippen molar-refractivity contribution in [2.75, 3.05) is 19.6 Å². The Hall–Kier alpha value is -2.70. The maximum absolute atomic E-state index is 12.9. The van der Waals surface area contributed by atoms with E-state index in [0.29, 0.717) is 18.2 Å². The van der Waals surface area contributed by atoms with Crippen LogP contribution in [0.3, 0.4) is 0 Å². The van der Waals surface area contributed by atoms with Crippen molar-refractivity contribution in [2.24, 2.45) is 11.3 Å². The van der Waals surface area contributed by atoms with Gasteiger partial charge in [-0.1, -0.05) is 29.8 Å². The summed E-state index contributed by atoms with van der Waals surface area (Å²) in [6.45, 7) is 5.17. The van der Waals surface area contributed by atoms with Gasteiger partial charge in [0.15, 0.2) is 0 Å². The lowest BCUT2D eigenvalue weighted by molar-refractivity contribution is -0.129. The molecular formula is C24H31N5O2. The van der Waals surface area contributed by atoms with E-state index in [1.807, 2.05) is 21.6 Å². The van der Waals surface area contributed by atoms with Crippen LogP contribution in [-0.2, 0) is 24.2 Å². The zero-order valence-corrected chi connectivity index (χ0v) is 18.3. The molecule has 2 aliphatic heterocycles. The first-order chi connectivity index (χ1) is 15.0. The van der Waals surface area contributed by atoms with Crippen molar-refractivity contribution < 1.29 is 9.59 Å². The number of aryl methyl sites for hydroxylation is 2. The van der Waals surface area contributed by atoms with Crippen LogP contribution in [0.1, 0.15) is 59.7 Å². The molecule has 1 spiro atoms. The van der Waals surface area contributed by atoms with Crippen LogP contribution < -0.4 is 5.32 Å². The highest BCUT2D eigenvalue weighted by molar-refractivity contribution is 5.90. The number of likely N-dealkylation sites (tertiary alicyclic amines) is 1. The molecule has 31 heavy (non-hydrogen) atoms. The van der Waals surface area contributed by atoms with Crippen LogP contribution in [0.4, 0.5) is 0 Å². The highest BCUT2D eigenvalue weighted by atomic mass is 16.2. The summed E-state index contributed by atoms with van der Waals surface area (Å²) in [6, 6.07) is 8.22. The topological polar surface area (TPSA) is 80.1 Å². The average Bonchev–Trinajstić information content (AvgIpc) is 3.41. The first-order valence-electron chi connectivity index (χ1n) is 11.5. The van der Waals surface area contributed by atoms with E-state index in [1.54, 1.807) is 0 Å². The first kappa shape index (κ1) is 20.2. The molecule has 1 aromatic carbocycles. The van der Waals surface area contributed by atoms with Gasteiger partial charge in [-0.25, -0.2) is 0 Å². The zero-order chi connectivity index (χ0) is 21.4. The molecular weight excluding hydrogens is 390 g/mol. The fraction of sp³-hybridized carbons (Fsp3) is 0.583. The van der Waals surface area contributed by atoms with E-state index in [4.69, 9.17) is 0 Å². The molecule has 5 rings (SSSR count). The van der Waals surface area contributed by atoms with E-state index < -0.39 is 0 Å². The standard InChI is InChI=1S/C24H31N5O2/c1-17-2-4-18(5-3-17)14-21(30)28-12-10-24(16-28)9-8-20-26-27-22(29(20)13-11-24)23(31)25-15-19-6-7-19/h2-5,19H,6-16H2,1H3,(H,25,31). The summed E-state index contributed by atoms with van der Waals surface area (Å²) in [5.74, 6) is 2.09. The highest BCUT2D eigenvalue weighted by Gasteiger charge is 2.41. The Bertz CT molecular complexity index is 978. The zero-order valence-electron chi connectivity index (χ0n) is 18.3. The van der Waals surface area contributed by atoms with Crippen LogP contribution in [0.2, 0.25) is 0 Å². The first-order valence-corrected chi connectivity index (χ1v) is 11.5. The minimum absolute atomic E-state index is 0.108. The van der Waals surface area contributed by atoms with Crippen LogP contribution in [-0.4, -0.2) is 51.1 Å². The summed E-state index contributed by atoms with van der Waals surface area (Å²) in [4.78, 5) is 27.5. The van der Waals surface area contributed by atoms with E-state index >= 15 is 0 Å². The molecule has 1 saturated heterocycles. The second-order valence-electron chi connectivity index (χ2n) is 9.72. The molecule has 1 unspecified atom stereocenters. The van der Waals surface area contributed by atoms with Crippen molar-refractivity contribution in [1.29, 1.82) is 0 Å². The Labute approximate surface area is 183 Å². The summed E-state index contributed by atoms with van der Waals surface area (Å²) >= 11 is 0. The van der Waals surface area contributed by atoms with Crippen LogP contribution in [0.25, 0.3) is 0 Å². The molecule has 7 nitrogen and oxygen atoms in total. The molecule has 164 valence electrons. The Morgan fingerprint density at radius 3 is 2.65 bits per heavy atom. The Morgan fingerprint density at radius 2 is 1.87 bits per heavy atom. The van der Waals surface area contributed by atoms with Gasteiger partial charge in [-0.05, 0) is 55.9 Å². The average molecular weight is 422 g/mol. The van der Waals surface area contributed by atoms with Gasteiger partial charge in [0, 0.05) is 32.6 Å². The van der Waals surface area contributed by atoms with Gasteiger partial charge in [0.2, 0.25) is 11.7 Å². The maximum Gasteiger partial charge on any atom is 0.289 e. The number of nitrogens with one attached hydrogen (secondary N) is 1. The lowest BCUT2D eigenvalue weighted by atomic mass is 9.80. The molecule has 0 bridgehead atoms. The molecule has 1 aromatic heterocycles. The van der Waals surface area contributed by atoms with Crippen LogP contribution in [0, 0.1) is 18.3 Å². The van der Waals surface area contributed by atoms with Crippen LogP contribution in [0.5, 0.6) is 0 Å². The molecule has 7 heteroatoms. The third-order valence-electron chi connectivity index (χ3n) is 7.29. The smallest absolute Gasteiger partial charge is 0.289 e. The predicted octanol–water partition coefficient (Wildman–Crippen LogP) is 2.52. The van der Waals surface area contributed by atoms with Crippen molar-refractivity contribution in [3.05, 3.63) is 47.0 Å². The minimum atomic E-state index is -0.108. The number of hydrogen-bond donors (Lipinski definition) is 1. The normalized spacial score (nSPS) is 22.9. The quantitative estimate of drug-likeness (QED) is 0.805. The Kier molecular flexibility index (Phi) is 5.28. The summed E-state index contributed by atoms with van der Waals surface area (Å²) in [7, 11) is 0. The van der Waals surface area contributed by atoms with Crippen molar-refractivity contribution in [3.63, 3.8) is 0 Å². The molecule has 1 atom stereocenters. The van der Waals surface area contributed by atoms with Gasteiger partial charge in [-0.3, -0.25) is 9.59 Å². The number of carbonyl (C=O) groups excluding carboxylic acids is 2. The Balaban J connectivity index is 1.21. The van der Waals surface area contributed by atoms with Gasteiger partial charge in [0.05, 0.1) is 6.42 Å². The third kappa shape index (κ3) is 4.36. The number of amides is 2. The SMILES string of the molecule is Cc1ccc(CC(=O)N2CCC3(CCc4nnc(C(=O)NCC5CC5)n4CC3)C2)cc1. The highest BCUT2D eigenvalue weighted by Crippen LogP contribution is 2.41. The number of rotatable bonds is 5. The van der Waals surface area contributed by atoms with E-state index in [9.17, 15) is 9.59 Å². The lowest BCUT2D eigenvalue weighted by Gasteiger charge is -2.27. The molecule has 1 aliphatic carbocycles. The molecule has 2 amide bonds. The summed E-state index contributed by atoms with van der Waals surface area (Å²) < 4.78 is 2.01. The van der Waals surface area contributed by atoms with E-state index in [-0.39, 0.29) is 17.2 Å². The van der Waals surface area contributed by atoms with Crippen molar-refractivity contribution in [2.45, 2.75) is 58.4 Å². The summed E-state index contributed by atoms with van der Waals surface area (Å²) in [6.07, 6.45) is 6.66. The molecule has 1 saturated carbocycles. The molecule has 2 aromatic rings. The number of carbonyl (C=O) groups is 2. The summed E-state index contributed by atoms with van der Waals surface area (Å²) in [5, 5.41) is 11.5. The lowest BCUT2D eigenvalue weighted by Crippen LogP contribution is -2.33. The van der Waals surface area contributed by atoms with Crippen molar-refractivity contribution >= 4 is 11.8 Å².